The van der Waals surface area contributed by atoms with Gasteiger partial charge in [0.05, 0.1) is 18.8 Å². The number of nitrogens with one attached hydrogen (secondary N) is 2. The number of carbonyl (C=O) groups is 2. The Morgan fingerprint density at radius 2 is 1.76 bits per heavy atom. The van der Waals surface area contributed by atoms with E-state index in [9.17, 15) is 18.0 Å². The van der Waals surface area contributed by atoms with Gasteiger partial charge in [-0.15, -0.1) is 0 Å². The van der Waals surface area contributed by atoms with Gasteiger partial charge in [-0.1, -0.05) is 12.1 Å². The third kappa shape index (κ3) is 5.93. The summed E-state index contributed by atoms with van der Waals surface area (Å²) in [5.74, 6) is -0.852. The van der Waals surface area contributed by atoms with Crippen LogP contribution in [0.4, 0.5) is 10.7 Å². The average Bonchev–Trinajstić information content (AvgIpc) is 2.56. The first-order valence-electron chi connectivity index (χ1n) is 8.28. The van der Waals surface area contributed by atoms with Gasteiger partial charge in [0, 0.05) is 38.7 Å². The number of amides is 2. The molecule has 12 heteroatoms. The topological polar surface area (TPSA) is 137 Å². The maximum absolute atomic E-state index is 12.6. The summed E-state index contributed by atoms with van der Waals surface area (Å²) < 4.78 is 37.2. The smallest absolute Gasteiger partial charge is 0.339 e. The van der Waals surface area contributed by atoms with Gasteiger partial charge in [0.2, 0.25) is 5.95 Å². The summed E-state index contributed by atoms with van der Waals surface area (Å²) >= 11 is 0. The molecule has 0 spiro atoms. The molecule has 152 valence electrons. The van der Waals surface area contributed by atoms with Crippen molar-refractivity contribution in [2.24, 2.45) is 0 Å². The van der Waals surface area contributed by atoms with Crippen molar-refractivity contribution in [2.75, 3.05) is 18.5 Å². The molecule has 0 atom stereocenters. The molecule has 2 amide bonds. The summed E-state index contributed by atoms with van der Waals surface area (Å²) in [6.45, 7) is 3.95. The molecule has 2 aromatic rings. The van der Waals surface area contributed by atoms with Crippen LogP contribution >= 0.6 is 0 Å². The van der Waals surface area contributed by atoms with Crippen molar-refractivity contribution in [1.82, 2.24) is 14.7 Å². The van der Waals surface area contributed by atoms with Crippen LogP contribution in [-0.2, 0) is 19.5 Å². The summed E-state index contributed by atoms with van der Waals surface area (Å²) in [5.41, 5.74) is 1.04. The molecule has 0 unspecified atom stereocenters. The molecule has 3 rings (SSSR count). The molecule has 2 heterocycles. The predicted octanol–water partition coefficient (Wildman–Crippen LogP) is 0.779. The number of hydrogen-bond acceptors (Lipinski definition) is 8. The zero-order valence-electron chi connectivity index (χ0n) is 15.6. The van der Waals surface area contributed by atoms with Crippen LogP contribution in [0, 0.1) is 13.8 Å². The largest absolute Gasteiger partial charge is 0.454 e. The molecule has 1 aliphatic heterocycles. The van der Waals surface area contributed by atoms with E-state index in [-0.39, 0.29) is 56.9 Å². The second-order valence-electron chi connectivity index (χ2n) is 6.09. The molecule has 0 saturated carbocycles. The van der Waals surface area contributed by atoms with E-state index in [1.165, 1.54) is 24.3 Å². The average molecular weight is 614 g/mol. The predicted molar refractivity (Wildman–Crippen MR) is 103 cm³/mol. The van der Waals surface area contributed by atoms with Crippen molar-refractivity contribution in [3.8, 4) is 0 Å². The summed E-state index contributed by atoms with van der Waals surface area (Å²) in [6.07, 6.45) is -0.416. The summed E-state index contributed by atoms with van der Waals surface area (Å²) in [5, 5.41) is 2.26. The molecule has 1 aromatic carbocycles. The van der Waals surface area contributed by atoms with Crippen LogP contribution in [0.15, 0.2) is 35.2 Å². The first-order valence-corrected chi connectivity index (χ1v) is 9.77. The van der Waals surface area contributed by atoms with Crippen LogP contribution in [-0.4, -0.2) is 77.0 Å². The standard InChI is InChI=1S/C17H18N4O6S.Pb/c1-10-7-11(2)19-16(18-10)20-17(23)21-28(24,25)14-6-4-3-5-13(14)15(22)27-12-8-26-9-12;/h3-7,12H,8-9H2,1-2H3,(H2,18,19,20,21,23);. The molecule has 1 aliphatic rings. The SMILES string of the molecule is Cc1cc(C)nc(NC(=O)NS(=O)(=O)c2ccccc2C(=O)OC2COC2)n1.[Pb]. The van der Waals surface area contributed by atoms with Crippen LogP contribution in [0.3, 0.4) is 0 Å². The molecular formula is C17H18N4O6PbS. The number of rotatable bonds is 5. The number of hydrogen-bond donors (Lipinski definition) is 2. The van der Waals surface area contributed by atoms with E-state index in [0.29, 0.717) is 11.4 Å². The fourth-order valence-corrected chi connectivity index (χ4v) is 3.56. The summed E-state index contributed by atoms with van der Waals surface area (Å²) in [7, 11) is -4.35. The third-order valence-electron chi connectivity index (χ3n) is 3.71. The molecule has 0 aliphatic carbocycles. The fourth-order valence-electron chi connectivity index (χ4n) is 2.45. The molecule has 29 heavy (non-hydrogen) atoms. The Balaban J connectivity index is 0.00000300. The third-order valence-corrected chi connectivity index (χ3v) is 5.10. The maximum atomic E-state index is 12.6. The molecule has 1 saturated heterocycles. The number of aromatic nitrogens is 2. The number of esters is 1. The van der Waals surface area contributed by atoms with Crippen molar-refractivity contribution in [2.45, 2.75) is 24.8 Å². The number of urea groups is 1. The minimum Gasteiger partial charge on any atom is -0.454 e. The van der Waals surface area contributed by atoms with Crippen molar-refractivity contribution in [1.29, 1.82) is 0 Å². The Labute approximate surface area is 187 Å². The maximum Gasteiger partial charge on any atom is 0.339 e. The van der Waals surface area contributed by atoms with Crippen LogP contribution in [0.1, 0.15) is 21.7 Å². The van der Waals surface area contributed by atoms with Gasteiger partial charge in [0.15, 0.2) is 0 Å². The normalized spacial score (nSPS) is 13.6. The number of sulfonamides is 1. The minimum atomic E-state index is -4.35. The Kier molecular flexibility index (Phi) is 7.65. The molecular weight excluding hydrogens is 595 g/mol. The van der Waals surface area contributed by atoms with E-state index >= 15 is 0 Å². The van der Waals surface area contributed by atoms with Crippen LogP contribution < -0.4 is 10.0 Å². The van der Waals surface area contributed by atoms with E-state index in [1.807, 2.05) is 4.72 Å². The Bertz CT molecular complexity index is 1010. The van der Waals surface area contributed by atoms with Gasteiger partial charge in [0.1, 0.15) is 11.0 Å². The second-order valence-corrected chi connectivity index (χ2v) is 7.75. The first kappa shape index (κ1) is 23.2. The zero-order valence-corrected chi connectivity index (χ0v) is 20.3. The molecule has 0 bridgehead atoms. The molecule has 2 N–H and O–H groups in total. The van der Waals surface area contributed by atoms with E-state index in [2.05, 4.69) is 15.3 Å². The van der Waals surface area contributed by atoms with Gasteiger partial charge >= 0.3 is 12.0 Å². The van der Waals surface area contributed by atoms with E-state index in [4.69, 9.17) is 9.47 Å². The number of ether oxygens (including phenoxy) is 2. The fraction of sp³-hybridized carbons (Fsp3) is 0.294. The number of carbonyl (C=O) groups excluding carboxylic acids is 2. The van der Waals surface area contributed by atoms with Crippen molar-refractivity contribution in [3.05, 3.63) is 47.3 Å². The molecule has 4 radical (unpaired) electrons. The number of aryl methyl sites for hydroxylation is 2. The quantitative estimate of drug-likeness (QED) is 0.373. The van der Waals surface area contributed by atoms with Crippen LogP contribution in [0.25, 0.3) is 0 Å². The van der Waals surface area contributed by atoms with E-state index in [1.54, 1.807) is 19.9 Å². The van der Waals surface area contributed by atoms with E-state index in [0.717, 1.165) is 0 Å². The Morgan fingerprint density at radius 3 is 2.34 bits per heavy atom. The van der Waals surface area contributed by atoms with Crippen molar-refractivity contribution >= 4 is 55.3 Å². The van der Waals surface area contributed by atoms with Gasteiger partial charge in [-0.2, -0.15) is 0 Å². The monoisotopic (exact) mass is 614 g/mol. The van der Waals surface area contributed by atoms with Gasteiger partial charge in [-0.05, 0) is 32.0 Å². The van der Waals surface area contributed by atoms with Crippen LogP contribution in [0.5, 0.6) is 0 Å². The van der Waals surface area contributed by atoms with Gasteiger partial charge in [-0.3, -0.25) is 5.32 Å². The van der Waals surface area contributed by atoms with Crippen molar-refractivity contribution in [3.63, 3.8) is 0 Å². The van der Waals surface area contributed by atoms with Gasteiger partial charge in [-0.25, -0.2) is 32.7 Å². The van der Waals surface area contributed by atoms with Gasteiger partial charge < -0.3 is 9.47 Å². The molecule has 1 fully saturated rings. The zero-order chi connectivity index (χ0) is 20.3. The van der Waals surface area contributed by atoms with Gasteiger partial charge in [0.25, 0.3) is 10.0 Å². The Morgan fingerprint density at radius 1 is 1.14 bits per heavy atom. The van der Waals surface area contributed by atoms with Crippen LogP contribution in [0.2, 0.25) is 0 Å². The summed E-state index contributed by atoms with van der Waals surface area (Å²) in [4.78, 5) is 32.0. The summed E-state index contributed by atoms with van der Waals surface area (Å²) in [6, 6.07) is 6.09. The number of benzene rings is 1. The molecule has 1 aromatic heterocycles. The first-order chi connectivity index (χ1) is 13.2. The van der Waals surface area contributed by atoms with E-state index < -0.39 is 28.1 Å². The number of anilines is 1. The molecule has 10 nitrogen and oxygen atoms in total. The Hall–Kier alpha value is -2.13. The second kappa shape index (κ2) is 9.58. The number of nitrogens with zero attached hydrogens (tertiary/aromatic N) is 2. The minimum absolute atomic E-state index is 0. The van der Waals surface area contributed by atoms with Crippen molar-refractivity contribution < 1.29 is 27.5 Å².